The molecule has 23 heavy (non-hydrogen) atoms. The van der Waals surface area contributed by atoms with Crippen molar-refractivity contribution in [2.75, 3.05) is 16.8 Å². The van der Waals surface area contributed by atoms with Crippen molar-refractivity contribution in [2.45, 2.75) is 23.5 Å². The Labute approximate surface area is 143 Å². The summed E-state index contributed by atoms with van der Waals surface area (Å²) in [6, 6.07) is 7.27. The van der Waals surface area contributed by atoms with E-state index in [1.54, 1.807) is 12.1 Å². The van der Waals surface area contributed by atoms with Crippen molar-refractivity contribution in [3.63, 3.8) is 0 Å². The molecule has 0 spiro atoms. The van der Waals surface area contributed by atoms with Gasteiger partial charge in [-0.15, -0.1) is 23.1 Å². The molecule has 1 aromatic carbocycles. The highest BCUT2D eigenvalue weighted by molar-refractivity contribution is 8.02. The third kappa shape index (κ3) is 4.13. The van der Waals surface area contributed by atoms with Crippen molar-refractivity contribution in [3.8, 4) is 0 Å². The molecule has 3 rings (SSSR count). The molecule has 0 unspecified atom stereocenters. The molecule has 1 aliphatic rings. The molecule has 8 heteroatoms. The molecule has 2 heterocycles. The van der Waals surface area contributed by atoms with Crippen LogP contribution in [0.4, 0.5) is 5.13 Å². The quantitative estimate of drug-likeness (QED) is 0.898. The summed E-state index contributed by atoms with van der Waals surface area (Å²) in [5, 5.41) is 5.25. The first-order chi connectivity index (χ1) is 10.9. The minimum absolute atomic E-state index is 0.0102. The van der Waals surface area contributed by atoms with Gasteiger partial charge in [-0.25, -0.2) is 13.4 Å². The van der Waals surface area contributed by atoms with Gasteiger partial charge in [0.15, 0.2) is 15.0 Å². The Morgan fingerprint density at radius 2 is 2.17 bits per heavy atom. The van der Waals surface area contributed by atoms with Crippen LogP contribution in [0.3, 0.4) is 0 Å². The van der Waals surface area contributed by atoms with Gasteiger partial charge in [0.25, 0.3) is 5.91 Å². The van der Waals surface area contributed by atoms with E-state index in [1.807, 2.05) is 24.4 Å². The molecule has 122 valence electrons. The summed E-state index contributed by atoms with van der Waals surface area (Å²) in [5.41, 5.74) is 1.42. The van der Waals surface area contributed by atoms with E-state index in [-0.39, 0.29) is 22.7 Å². The molecule has 1 fully saturated rings. The molecule has 0 bridgehead atoms. The molecule has 1 aromatic heterocycles. The average Bonchev–Trinajstić information content (AvgIpc) is 3.05. The first-order valence-electron chi connectivity index (χ1n) is 7.12. The van der Waals surface area contributed by atoms with Gasteiger partial charge in [0, 0.05) is 15.5 Å². The fraction of sp³-hybridized carbons (Fsp3) is 0.333. The maximum atomic E-state index is 12.5. The first kappa shape index (κ1) is 16.5. The Balaban J connectivity index is 1.76. The van der Waals surface area contributed by atoms with E-state index in [4.69, 9.17) is 0 Å². The van der Waals surface area contributed by atoms with Crippen LogP contribution in [0.2, 0.25) is 0 Å². The lowest BCUT2D eigenvalue weighted by Gasteiger charge is -2.11. The highest BCUT2D eigenvalue weighted by atomic mass is 32.2. The highest BCUT2D eigenvalue weighted by Gasteiger charge is 2.29. The molecule has 1 aliphatic heterocycles. The van der Waals surface area contributed by atoms with Crippen molar-refractivity contribution in [1.29, 1.82) is 0 Å². The van der Waals surface area contributed by atoms with E-state index in [2.05, 4.69) is 10.3 Å². The average molecular weight is 369 g/mol. The Kier molecular flexibility index (Phi) is 4.74. The second-order valence-electron chi connectivity index (χ2n) is 5.39. The van der Waals surface area contributed by atoms with Crippen molar-refractivity contribution in [3.05, 3.63) is 40.9 Å². The van der Waals surface area contributed by atoms with Gasteiger partial charge in [0.1, 0.15) is 0 Å². The summed E-state index contributed by atoms with van der Waals surface area (Å²) in [4.78, 5) is 17.5. The molecule has 5 nitrogen and oxygen atoms in total. The third-order valence-corrected chi connectivity index (χ3v) is 7.66. The van der Waals surface area contributed by atoms with Gasteiger partial charge in [0.05, 0.1) is 22.8 Å². The van der Waals surface area contributed by atoms with E-state index in [1.165, 1.54) is 23.1 Å². The Morgan fingerprint density at radius 1 is 1.39 bits per heavy atom. The maximum Gasteiger partial charge on any atom is 0.258 e. The van der Waals surface area contributed by atoms with Crippen LogP contribution in [0.25, 0.3) is 0 Å². The Hall–Kier alpha value is -1.38. The van der Waals surface area contributed by atoms with Gasteiger partial charge in [-0.05, 0) is 25.5 Å². The van der Waals surface area contributed by atoms with Gasteiger partial charge in [0.2, 0.25) is 0 Å². The number of amides is 1. The summed E-state index contributed by atoms with van der Waals surface area (Å²) >= 11 is 2.85. The van der Waals surface area contributed by atoms with Gasteiger partial charge >= 0.3 is 0 Å². The number of nitrogens with zero attached hydrogens (tertiary/aromatic N) is 1. The minimum Gasteiger partial charge on any atom is -0.298 e. The predicted octanol–water partition coefficient (Wildman–Crippen LogP) is 2.98. The zero-order valence-electron chi connectivity index (χ0n) is 12.5. The second kappa shape index (κ2) is 6.62. The molecule has 1 N–H and O–H groups in total. The van der Waals surface area contributed by atoms with E-state index < -0.39 is 9.84 Å². The predicted molar refractivity (Wildman–Crippen MR) is 94.2 cm³/mol. The Bertz CT molecular complexity index is 830. The number of carbonyl (C=O) groups is 1. The van der Waals surface area contributed by atoms with Gasteiger partial charge < -0.3 is 0 Å². The smallest absolute Gasteiger partial charge is 0.258 e. The number of thiazole rings is 1. The molecule has 0 saturated carbocycles. The zero-order valence-corrected chi connectivity index (χ0v) is 14.9. The van der Waals surface area contributed by atoms with Crippen molar-refractivity contribution in [2.24, 2.45) is 0 Å². The molecule has 0 radical (unpaired) electrons. The number of nitrogens with one attached hydrogen (secondary N) is 1. The van der Waals surface area contributed by atoms with Crippen LogP contribution in [-0.2, 0) is 9.84 Å². The number of rotatable bonds is 4. The Morgan fingerprint density at radius 3 is 2.83 bits per heavy atom. The number of anilines is 1. The minimum atomic E-state index is -2.92. The van der Waals surface area contributed by atoms with Crippen LogP contribution in [-0.4, -0.2) is 36.1 Å². The standard InChI is InChI=1S/C15H16N2O3S3/c1-10-8-21-15(16-10)17-14(18)12-4-2-3-5-13(12)22-11-6-7-23(19,20)9-11/h2-5,8,11H,6-7,9H2,1H3,(H,16,17,18)/t11-/m0/s1. The summed E-state index contributed by atoms with van der Waals surface area (Å²) in [7, 11) is -2.92. The van der Waals surface area contributed by atoms with Crippen molar-refractivity contribution >= 4 is 44.0 Å². The summed E-state index contributed by atoms with van der Waals surface area (Å²) < 4.78 is 23.2. The van der Waals surface area contributed by atoms with Crippen LogP contribution < -0.4 is 5.32 Å². The number of thioether (sulfide) groups is 1. The van der Waals surface area contributed by atoms with Crippen LogP contribution in [0.15, 0.2) is 34.5 Å². The first-order valence-corrected chi connectivity index (χ1v) is 10.7. The molecular weight excluding hydrogens is 352 g/mol. The fourth-order valence-corrected chi connectivity index (χ4v) is 6.68. The maximum absolute atomic E-state index is 12.5. The van der Waals surface area contributed by atoms with Gasteiger partial charge in [-0.1, -0.05) is 12.1 Å². The lowest BCUT2D eigenvalue weighted by molar-refractivity contribution is 0.102. The number of benzene rings is 1. The zero-order chi connectivity index (χ0) is 16.4. The number of hydrogen-bond donors (Lipinski definition) is 1. The second-order valence-corrected chi connectivity index (χ2v) is 9.82. The number of carbonyl (C=O) groups excluding carboxylic acids is 1. The fourth-order valence-electron chi connectivity index (χ4n) is 2.37. The van der Waals surface area contributed by atoms with Crippen molar-refractivity contribution < 1.29 is 13.2 Å². The van der Waals surface area contributed by atoms with E-state index in [0.29, 0.717) is 17.1 Å². The number of aromatic nitrogens is 1. The summed E-state index contributed by atoms with van der Waals surface area (Å²) in [6.45, 7) is 1.87. The number of hydrogen-bond acceptors (Lipinski definition) is 6. The molecule has 1 saturated heterocycles. The van der Waals surface area contributed by atoms with Crippen molar-refractivity contribution in [1.82, 2.24) is 4.98 Å². The van der Waals surface area contributed by atoms with Crippen LogP contribution in [0.1, 0.15) is 22.5 Å². The third-order valence-electron chi connectivity index (χ3n) is 3.46. The van der Waals surface area contributed by atoms with E-state index in [9.17, 15) is 13.2 Å². The van der Waals surface area contributed by atoms with Gasteiger partial charge in [-0.2, -0.15) is 0 Å². The van der Waals surface area contributed by atoms with Crippen LogP contribution in [0.5, 0.6) is 0 Å². The lowest BCUT2D eigenvalue weighted by atomic mass is 10.2. The SMILES string of the molecule is Cc1csc(NC(=O)c2ccccc2S[C@H]2CCS(=O)(=O)C2)n1. The molecule has 2 aromatic rings. The van der Waals surface area contributed by atoms with Crippen LogP contribution >= 0.6 is 23.1 Å². The number of aryl methyl sites for hydroxylation is 1. The summed E-state index contributed by atoms with van der Waals surface area (Å²) in [5.74, 6) is 0.194. The van der Waals surface area contributed by atoms with E-state index >= 15 is 0 Å². The molecule has 1 amide bonds. The van der Waals surface area contributed by atoms with Gasteiger partial charge in [-0.3, -0.25) is 10.1 Å². The normalized spacial score (nSPS) is 19.6. The van der Waals surface area contributed by atoms with E-state index in [0.717, 1.165) is 10.6 Å². The largest absolute Gasteiger partial charge is 0.298 e. The monoisotopic (exact) mass is 368 g/mol. The summed E-state index contributed by atoms with van der Waals surface area (Å²) in [6.07, 6.45) is 0.634. The molecular formula is C15H16N2O3S3. The van der Waals surface area contributed by atoms with Crippen LogP contribution in [0, 0.1) is 6.92 Å². The topological polar surface area (TPSA) is 76.1 Å². The lowest BCUT2D eigenvalue weighted by Crippen LogP contribution is -2.14. The number of sulfone groups is 1. The molecule has 1 atom stereocenters. The molecule has 0 aliphatic carbocycles. The highest BCUT2D eigenvalue weighted by Crippen LogP contribution is 2.33.